The lowest BCUT2D eigenvalue weighted by atomic mass is 9.98. The van der Waals surface area contributed by atoms with Gasteiger partial charge in [-0.15, -0.1) is 0 Å². The molecule has 1 saturated heterocycles. The molecule has 0 aliphatic carbocycles. The Morgan fingerprint density at radius 2 is 2.13 bits per heavy atom. The summed E-state index contributed by atoms with van der Waals surface area (Å²) in [6, 6.07) is 3.70. The largest absolute Gasteiger partial charge is 0.481 e. The van der Waals surface area contributed by atoms with Crippen LogP contribution in [0.2, 0.25) is 5.02 Å². The SMILES string of the molecule is O=C(CC(=O)N1CCC[C@H](C(=O)O)C1)Nc1ccc(F)c(Cl)c1. The van der Waals surface area contributed by atoms with Crippen molar-refractivity contribution in [2.75, 3.05) is 18.4 Å². The Kier molecular flexibility index (Phi) is 5.54. The van der Waals surface area contributed by atoms with Crippen molar-refractivity contribution >= 4 is 35.1 Å². The smallest absolute Gasteiger partial charge is 0.308 e. The summed E-state index contributed by atoms with van der Waals surface area (Å²) in [5.74, 6) is -3.12. The number of carboxylic acid groups (broad SMARTS) is 1. The Bertz CT molecular complexity index is 638. The molecule has 8 heteroatoms. The van der Waals surface area contributed by atoms with Gasteiger partial charge in [-0.1, -0.05) is 11.6 Å². The van der Waals surface area contributed by atoms with Crippen molar-refractivity contribution in [2.45, 2.75) is 19.3 Å². The number of rotatable bonds is 4. The predicted octanol–water partition coefficient (Wildman–Crippen LogP) is 2.13. The normalized spacial score (nSPS) is 17.7. The third kappa shape index (κ3) is 4.66. The van der Waals surface area contributed by atoms with Crippen LogP contribution in [0.1, 0.15) is 19.3 Å². The van der Waals surface area contributed by atoms with Gasteiger partial charge in [0.1, 0.15) is 12.2 Å². The van der Waals surface area contributed by atoms with Crippen LogP contribution in [0, 0.1) is 11.7 Å². The summed E-state index contributed by atoms with van der Waals surface area (Å²) < 4.78 is 13.0. The summed E-state index contributed by atoms with van der Waals surface area (Å²) in [5, 5.41) is 11.3. The van der Waals surface area contributed by atoms with Crippen molar-refractivity contribution in [1.29, 1.82) is 0 Å². The number of anilines is 1. The zero-order chi connectivity index (χ0) is 17.0. The van der Waals surface area contributed by atoms with Crippen LogP contribution in [0.3, 0.4) is 0 Å². The fourth-order valence-corrected chi connectivity index (χ4v) is 2.61. The standard InChI is InChI=1S/C15H16ClFN2O4/c16-11-6-10(3-4-12(11)17)18-13(20)7-14(21)19-5-1-2-9(8-19)15(22)23/h3-4,6,9H,1-2,5,7-8H2,(H,18,20)(H,22,23)/t9-/m0/s1. The van der Waals surface area contributed by atoms with Gasteiger partial charge in [-0.2, -0.15) is 0 Å². The molecule has 1 aliphatic heterocycles. The summed E-state index contributed by atoms with van der Waals surface area (Å²) in [5.41, 5.74) is 0.288. The molecule has 124 valence electrons. The molecule has 1 aromatic rings. The summed E-state index contributed by atoms with van der Waals surface area (Å²) in [6.07, 6.45) is 0.721. The van der Waals surface area contributed by atoms with Crippen LogP contribution in [-0.2, 0) is 14.4 Å². The lowest BCUT2D eigenvalue weighted by Crippen LogP contribution is -2.43. The van der Waals surface area contributed by atoms with Crippen molar-refractivity contribution < 1.29 is 23.9 Å². The third-order valence-corrected chi connectivity index (χ3v) is 3.93. The minimum atomic E-state index is -0.937. The molecule has 0 saturated carbocycles. The average molecular weight is 343 g/mol. The molecule has 6 nitrogen and oxygen atoms in total. The van der Waals surface area contributed by atoms with E-state index in [9.17, 15) is 18.8 Å². The minimum absolute atomic E-state index is 0.115. The first-order chi connectivity index (χ1) is 10.9. The van der Waals surface area contributed by atoms with Gasteiger partial charge in [0.2, 0.25) is 11.8 Å². The van der Waals surface area contributed by atoms with Crippen LogP contribution in [0.15, 0.2) is 18.2 Å². The van der Waals surface area contributed by atoms with E-state index in [1.165, 1.54) is 17.0 Å². The molecule has 1 fully saturated rings. The van der Waals surface area contributed by atoms with E-state index in [4.69, 9.17) is 16.7 Å². The molecule has 0 aromatic heterocycles. The van der Waals surface area contributed by atoms with Gasteiger partial charge in [-0.3, -0.25) is 14.4 Å². The number of nitrogens with zero attached hydrogens (tertiary/aromatic N) is 1. The van der Waals surface area contributed by atoms with Crippen molar-refractivity contribution in [1.82, 2.24) is 4.90 Å². The first-order valence-electron chi connectivity index (χ1n) is 7.12. The number of piperidine rings is 1. The maximum atomic E-state index is 13.0. The lowest BCUT2D eigenvalue weighted by Gasteiger charge is -2.30. The minimum Gasteiger partial charge on any atom is -0.481 e. The number of hydrogen-bond donors (Lipinski definition) is 2. The zero-order valence-corrected chi connectivity index (χ0v) is 13.0. The molecule has 0 radical (unpaired) electrons. The number of hydrogen-bond acceptors (Lipinski definition) is 3. The third-order valence-electron chi connectivity index (χ3n) is 3.64. The topological polar surface area (TPSA) is 86.7 Å². The van der Waals surface area contributed by atoms with Crippen molar-refractivity contribution in [3.63, 3.8) is 0 Å². The number of nitrogens with one attached hydrogen (secondary N) is 1. The number of benzene rings is 1. The van der Waals surface area contributed by atoms with E-state index in [-0.39, 0.29) is 17.3 Å². The first kappa shape index (κ1) is 17.2. The number of amides is 2. The Labute approximate surface area is 137 Å². The van der Waals surface area contributed by atoms with Crippen LogP contribution in [0.25, 0.3) is 0 Å². The second-order valence-electron chi connectivity index (χ2n) is 5.37. The number of carbonyl (C=O) groups excluding carboxylic acids is 2. The van der Waals surface area contributed by atoms with E-state index >= 15 is 0 Å². The molecule has 1 atom stereocenters. The van der Waals surface area contributed by atoms with Crippen LogP contribution < -0.4 is 5.32 Å². The number of aliphatic carboxylic acids is 1. The molecule has 0 spiro atoms. The molecule has 2 rings (SSSR count). The van der Waals surface area contributed by atoms with Gasteiger partial charge >= 0.3 is 5.97 Å². The maximum absolute atomic E-state index is 13.0. The molecule has 1 aromatic carbocycles. The maximum Gasteiger partial charge on any atom is 0.308 e. The molecule has 1 heterocycles. The number of likely N-dealkylation sites (tertiary alicyclic amines) is 1. The highest BCUT2D eigenvalue weighted by atomic mass is 35.5. The fraction of sp³-hybridized carbons (Fsp3) is 0.400. The summed E-state index contributed by atoms with van der Waals surface area (Å²) in [6.45, 7) is 0.558. The fourth-order valence-electron chi connectivity index (χ4n) is 2.43. The van der Waals surface area contributed by atoms with Gasteiger partial charge in [-0.05, 0) is 31.0 Å². The average Bonchev–Trinajstić information content (AvgIpc) is 2.51. The van der Waals surface area contributed by atoms with Crippen LogP contribution >= 0.6 is 11.6 Å². The summed E-state index contributed by atoms with van der Waals surface area (Å²) in [7, 11) is 0. The van der Waals surface area contributed by atoms with Crippen molar-refractivity contribution in [3.05, 3.63) is 29.0 Å². The molecular weight excluding hydrogens is 327 g/mol. The molecule has 0 unspecified atom stereocenters. The van der Waals surface area contributed by atoms with Crippen LogP contribution in [-0.4, -0.2) is 40.9 Å². The van der Waals surface area contributed by atoms with Gasteiger partial charge in [0.05, 0.1) is 10.9 Å². The zero-order valence-electron chi connectivity index (χ0n) is 12.2. The first-order valence-corrected chi connectivity index (χ1v) is 7.50. The van der Waals surface area contributed by atoms with E-state index in [1.807, 2.05) is 0 Å². The van der Waals surface area contributed by atoms with Gasteiger partial charge < -0.3 is 15.3 Å². The van der Waals surface area contributed by atoms with E-state index in [0.717, 1.165) is 6.07 Å². The Morgan fingerprint density at radius 1 is 1.39 bits per heavy atom. The second-order valence-corrected chi connectivity index (χ2v) is 5.78. The molecule has 23 heavy (non-hydrogen) atoms. The van der Waals surface area contributed by atoms with E-state index in [1.54, 1.807) is 0 Å². The number of halogens is 2. The van der Waals surface area contributed by atoms with Gasteiger partial charge in [0.25, 0.3) is 0 Å². The molecule has 0 bridgehead atoms. The molecule has 2 amide bonds. The Morgan fingerprint density at radius 3 is 2.78 bits per heavy atom. The van der Waals surface area contributed by atoms with Gasteiger partial charge in [0, 0.05) is 18.8 Å². The highest BCUT2D eigenvalue weighted by Gasteiger charge is 2.28. The van der Waals surface area contributed by atoms with Crippen molar-refractivity contribution in [3.8, 4) is 0 Å². The lowest BCUT2D eigenvalue weighted by molar-refractivity contribution is -0.145. The van der Waals surface area contributed by atoms with E-state index in [0.29, 0.717) is 19.4 Å². The summed E-state index contributed by atoms with van der Waals surface area (Å²) in [4.78, 5) is 36.3. The second kappa shape index (κ2) is 7.41. The molecule has 1 aliphatic rings. The molecular formula is C15H16ClFN2O4. The monoisotopic (exact) mass is 342 g/mol. The van der Waals surface area contributed by atoms with E-state index < -0.39 is 35.9 Å². The number of carboxylic acids is 1. The Balaban J connectivity index is 1.90. The van der Waals surface area contributed by atoms with Crippen LogP contribution in [0.5, 0.6) is 0 Å². The van der Waals surface area contributed by atoms with Crippen LogP contribution in [0.4, 0.5) is 10.1 Å². The van der Waals surface area contributed by atoms with Gasteiger partial charge in [-0.25, -0.2) is 4.39 Å². The van der Waals surface area contributed by atoms with Gasteiger partial charge in [0.15, 0.2) is 0 Å². The van der Waals surface area contributed by atoms with Crippen molar-refractivity contribution in [2.24, 2.45) is 5.92 Å². The highest BCUT2D eigenvalue weighted by Crippen LogP contribution is 2.20. The predicted molar refractivity (Wildman–Crippen MR) is 81.6 cm³/mol. The molecule has 2 N–H and O–H groups in total. The number of carbonyl (C=O) groups is 3. The van der Waals surface area contributed by atoms with E-state index in [2.05, 4.69) is 5.32 Å². The summed E-state index contributed by atoms with van der Waals surface area (Å²) >= 11 is 5.61. The quantitative estimate of drug-likeness (QED) is 0.821. The Hall–Kier alpha value is -2.15. The highest BCUT2D eigenvalue weighted by molar-refractivity contribution is 6.31.